The van der Waals surface area contributed by atoms with Crippen LogP contribution < -0.4 is 5.32 Å². The Hall–Kier alpha value is -2.66. The predicted molar refractivity (Wildman–Crippen MR) is 96.1 cm³/mol. The van der Waals surface area contributed by atoms with Crippen molar-refractivity contribution >= 4 is 23.2 Å². The van der Waals surface area contributed by atoms with Gasteiger partial charge in [-0.05, 0) is 29.7 Å². The topological polar surface area (TPSA) is 46.9 Å². The summed E-state index contributed by atoms with van der Waals surface area (Å²) in [6, 6.07) is 14.1. The summed E-state index contributed by atoms with van der Waals surface area (Å²) in [7, 11) is 0. The van der Waals surface area contributed by atoms with E-state index in [1.54, 1.807) is 23.1 Å². The van der Waals surface area contributed by atoms with Crippen LogP contribution in [-0.2, 0) is 17.8 Å². The molecule has 0 atom stereocenters. The summed E-state index contributed by atoms with van der Waals surface area (Å²) >= 11 is 6.02. The van der Waals surface area contributed by atoms with Crippen LogP contribution in [0.4, 0.5) is 10.1 Å². The molecule has 6 heteroatoms. The molecule has 0 aliphatic rings. The highest BCUT2D eigenvalue weighted by atomic mass is 35.5. The Bertz CT molecular complexity index is 864. The summed E-state index contributed by atoms with van der Waals surface area (Å²) in [5, 5.41) is 7.37. The molecule has 0 saturated heterocycles. The molecule has 0 aliphatic heterocycles. The fourth-order valence-electron chi connectivity index (χ4n) is 2.47. The van der Waals surface area contributed by atoms with Gasteiger partial charge in [0.25, 0.3) is 0 Å². The molecule has 0 fully saturated rings. The standard InChI is InChI=1S/C19H17ClFN3O/c20-18-10-16(21)8-7-15(18)12-24-13-17(11-22-24)23-19(25)9-6-14-4-2-1-3-5-14/h1-5,7-8,10-11,13H,6,9,12H2,(H,23,25). The number of nitrogens with zero attached hydrogens (tertiary/aromatic N) is 2. The number of hydrogen-bond acceptors (Lipinski definition) is 2. The lowest BCUT2D eigenvalue weighted by molar-refractivity contribution is -0.116. The van der Waals surface area contributed by atoms with Crippen molar-refractivity contribution in [1.29, 1.82) is 0 Å². The normalized spacial score (nSPS) is 10.6. The van der Waals surface area contributed by atoms with Crippen LogP contribution in [0.1, 0.15) is 17.5 Å². The number of rotatable bonds is 6. The van der Waals surface area contributed by atoms with Crippen molar-refractivity contribution in [2.75, 3.05) is 5.32 Å². The molecule has 25 heavy (non-hydrogen) atoms. The summed E-state index contributed by atoms with van der Waals surface area (Å²) < 4.78 is 14.7. The van der Waals surface area contributed by atoms with Gasteiger partial charge in [-0.3, -0.25) is 9.48 Å². The lowest BCUT2D eigenvalue weighted by Crippen LogP contribution is -2.11. The quantitative estimate of drug-likeness (QED) is 0.715. The average molecular weight is 358 g/mol. The lowest BCUT2D eigenvalue weighted by atomic mass is 10.1. The first kappa shape index (κ1) is 17.2. The van der Waals surface area contributed by atoms with Crippen molar-refractivity contribution in [3.8, 4) is 0 Å². The molecule has 1 N–H and O–H groups in total. The van der Waals surface area contributed by atoms with Gasteiger partial charge in [-0.1, -0.05) is 48.0 Å². The van der Waals surface area contributed by atoms with Gasteiger partial charge in [-0.15, -0.1) is 0 Å². The molecular weight excluding hydrogens is 341 g/mol. The molecule has 2 aromatic carbocycles. The number of benzene rings is 2. The number of aromatic nitrogens is 2. The molecule has 3 rings (SSSR count). The maximum absolute atomic E-state index is 13.1. The van der Waals surface area contributed by atoms with Crippen LogP contribution in [0, 0.1) is 5.82 Å². The molecule has 0 saturated carbocycles. The van der Waals surface area contributed by atoms with Crippen LogP contribution in [0.15, 0.2) is 60.9 Å². The van der Waals surface area contributed by atoms with E-state index >= 15 is 0 Å². The molecule has 0 radical (unpaired) electrons. The molecule has 0 bridgehead atoms. The smallest absolute Gasteiger partial charge is 0.224 e. The van der Waals surface area contributed by atoms with Crippen molar-refractivity contribution in [2.24, 2.45) is 0 Å². The Morgan fingerprint density at radius 2 is 2.00 bits per heavy atom. The molecule has 3 aromatic rings. The second-order valence-electron chi connectivity index (χ2n) is 5.70. The Balaban J connectivity index is 1.55. The second kappa shape index (κ2) is 7.94. The van der Waals surface area contributed by atoms with Crippen LogP contribution in [0.2, 0.25) is 5.02 Å². The molecule has 0 aliphatic carbocycles. The molecule has 0 spiro atoms. The third kappa shape index (κ3) is 4.90. The van der Waals surface area contributed by atoms with E-state index in [9.17, 15) is 9.18 Å². The number of anilines is 1. The van der Waals surface area contributed by atoms with Crippen molar-refractivity contribution in [3.63, 3.8) is 0 Å². The first-order valence-electron chi connectivity index (χ1n) is 7.90. The molecule has 1 amide bonds. The van der Waals surface area contributed by atoms with Crippen LogP contribution in [0.3, 0.4) is 0 Å². The zero-order valence-corrected chi connectivity index (χ0v) is 14.2. The number of carbonyl (C=O) groups excluding carboxylic acids is 1. The Labute approximate surface area is 150 Å². The monoisotopic (exact) mass is 357 g/mol. The Morgan fingerprint density at radius 1 is 1.20 bits per heavy atom. The molecule has 1 heterocycles. The van der Waals surface area contributed by atoms with E-state index in [4.69, 9.17) is 11.6 Å². The Morgan fingerprint density at radius 3 is 2.76 bits per heavy atom. The van der Waals surface area contributed by atoms with E-state index in [1.807, 2.05) is 30.3 Å². The highest BCUT2D eigenvalue weighted by Gasteiger charge is 2.07. The van der Waals surface area contributed by atoms with E-state index in [1.165, 1.54) is 12.1 Å². The molecule has 0 unspecified atom stereocenters. The van der Waals surface area contributed by atoms with Crippen LogP contribution in [0.5, 0.6) is 0 Å². The maximum Gasteiger partial charge on any atom is 0.224 e. The number of nitrogens with one attached hydrogen (secondary N) is 1. The molecule has 4 nitrogen and oxygen atoms in total. The van der Waals surface area contributed by atoms with Gasteiger partial charge in [0, 0.05) is 17.6 Å². The number of hydrogen-bond donors (Lipinski definition) is 1. The van der Waals surface area contributed by atoms with Crippen LogP contribution >= 0.6 is 11.6 Å². The SMILES string of the molecule is O=C(CCc1ccccc1)Nc1cnn(Cc2ccc(F)cc2Cl)c1. The number of amides is 1. The second-order valence-corrected chi connectivity index (χ2v) is 6.10. The van der Waals surface area contributed by atoms with E-state index in [-0.39, 0.29) is 11.7 Å². The largest absolute Gasteiger partial charge is 0.323 e. The zero-order valence-electron chi connectivity index (χ0n) is 13.5. The van der Waals surface area contributed by atoms with E-state index in [0.717, 1.165) is 11.1 Å². The van der Waals surface area contributed by atoms with Crippen molar-refractivity contribution in [3.05, 3.63) is 82.9 Å². The van der Waals surface area contributed by atoms with Gasteiger partial charge >= 0.3 is 0 Å². The number of aryl methyl sites for hydroxylation is 1. The van der Waals surface area contributed by atoms with Gasteiger partial charge in [0.2, 0.25) is 5.91 Å². The minimum absolute atomic E-state index is 0.0665. The van der Waals surface area contributed by atoms with Gasteiger partial charge in [0.15, 0.2) is 0 Å². The highest BCUT2D eigenvalue weighted by molar-refractivity contribution is 6.31. The average Bonchev–Trinajstić information content (AvgIpc) is 3.03. The van der Waals surface area contributed by atoms with Crippen molar-refractivity contribution in [2.45, 2.75) is 19.4 Å². The van der Waals surface area contributed by atoms with Crippen LogP contribution in [-0.4, -0.2) is 15.7 Å². The lowest BCUT2D eigenvalue weighted by Gasteiger charge is -2.05. The van der Waals surface area contributed by atoms with Gasteiger partial charge in [-0.2, -0.15) is 5.10 Å². The minimum atomic E-state index is -0.374. The fourth-order valence-corrected chi connectivity index (χ4v) is 2.69. The molecular formula is C19H17ClFN3O. The molecule has 128 valence electrons. The maximum atomic E-state index is 13.1. The van der Waals surface area contributed by atoms with Crippen molar-refractivity contribution in [1.82, 2.24) is 9.78 Å². The van der Waals surface area contributed by atoms with E-state index in [0.29, 0.717) is 30.1 Å². The number of halogens is 2. The van der Waals surface area contributed by atoms with E-state index < -0.39 is 0 Å². The third-order valence-corrected chi connectivity index (χ3v) is 4.10. The highest BCUT2D eigenvalue weighted by Crippen LogP contribution is 2.19. The minimum Gasteiger partial charge on any atom is -0.323 e. The predicted octanol–water partition coefficient (Wildman–Crippen LogP) is 4.30. The first-order chi connectivity index (χ1) is 12.1. The first-order valence-corrected chi connectivity index (χ1v) is 8.28. The zero-order chi connectivity index (χ0) is 17.6. The summed E-state index contributed by atoms with van der Waals surface area (Å²) in [4.78, 5) is 12.0. The number of carbonyl (C=O) groups is 1. The summed E-state index contributed by atoms with van der Waals surface area (Å²) in [5.74, 6) is -0.441. The van der Waals surface area contributed by atoms with Gasteiger partial charge in [-0.25, -0.2) is 4.39 Å². The third-order valence-electron chi connectivity index (χ3n) is 3.75. The summed E-state index contributed by atoms with van der Waals surface area (Å²) in [6.45, 7) is 0.402. The van der Waals surface area contributed by atoms with Gasteiger partial charge in [0.05, 0.1) is 18.4 Å². The van der Waals surface area contributed by atoms with Crippen molar-refractivity contribution < 1.29 is 9.18 Å². The van der Waals surface area contributed by atoms with Crippen LogP contribution in [0.25, 0.3) is 0 Å². The Kier molecular flexibility index (Phi) is 5.46. The fraction of sp³-hybridized carbons (Fsp3) is 0.158. The van der Waals surface area contributed by atoms with Gasteiger partial charge in [0.1, 0.15) is 5.82 Å². The summed E-state index contributed by atoms with van der Waals surface area (Å²) in [6.07, 6.45) is 4.39. The van der Waals surface area contributed by atoms with E-state index in [2.05, 4.69) is 10.4 Å². The van der Waals surface area contributed by atoms with Gasteiger partial charge < -0.3 is 5.32 Å². The molecule has 1 aromatic heterocycles. The summed E-state index contributed by atoms with van der Waals surface area (Å²) in [5.41, 5.74) is 2.50.